The number of oxazole rings is 1. The average Bonchev–Trinajstić information content (AvgIpc) is 3.19. The normalized spacial score (nSPS) is 14.2. The maximum absolute atomic E-state index is 5.91. The summed E-state index contributed by atoms with van der Waals surface area (Å²) in [6, 6.07) is 7.54. The van der Waals surface area contributed by atoms with E-state index >= 15 is 0 Å². The molecule has 1 aromatic carbocycles. The molecular weight excluding hydrogens is 344 g/mol. The molecule has 2 heterocycles. The summed E-state index contributed by atoms with van der Waals surface area (Å²) in [6.07, 6.45) is 4.21. The highest BCUT2D eigenvalue weighted by atomic mass is 35.5. The lowest BCUT2D eigenvalue weighted by atomic mass is 10.2. The highest BCUT2D eigenvalue weighted by Crippen LogP contribution is 2.40. The van der Waals surface area contributed by atoms with Crippen LogP contribution < -0.4 is 0 Å². The smallest absolute Gasteiger partial charge is 0.205 e. The van der Waals surface area contributed by atoms with E-state index in [0.717, 1.165) is 28.8 Å². The van der Waals surface area contributed by atoms with Gasteiger partial charge in [-0.1, -0.05) is 23.4 Å². The second-order valence-corrected chi connectivity index (χ2v) is 7.15. The molecule has 0 bridgehead atoms. The van der Waals surface area contributed by atoms with Gasteiger partial charge >= 0.3 is 0 Å². The Kier molecular flexibility index (Phi) is 4.33. The van der Waals surface area contributed by atoms with Gasteiger partial charge in [0.15, 0.2) is 10.9 Å². The first-order valence-electron chi connectivity index (χ1n) is 8.01. The number of benzene rings is 1. The van der Waals surface area contributed by atoms with Gasteiger partial charge in [0.1, 0.15) is 5.82 Å². The van der Waals surface area contributed by atoms with Crippen molar-refractivity contribution in [2.24, 2.45) is 0 Å². The molecule has 0 unspecified atom stereocenters. The zero-order chi connectivity index (χ0) is 16.5. The third kappa shape index (κ3) is 3.21. The van der Waals surface area contributed by atoms with Crippen LogP contribution >= 0.6 is 23.4 Å². The zero-order valence-electron chi connectivity index (χ0n) is 13.3. The zero-order valence-corrected chi connectivity index (χ0v) is 14.8. The third-order valence-corrected chi connectivity index (χ3v) is 5.21. The average molecular weight is 361 g/mol. The molecule has 0 atom stereocenters. The predicted molar refractivity (Wildman–Crippen MR) is 94.2 cm³/mol. The minimum Gasteiger partial charge on any atom is -0.440 e. The van der Waals surface area contributed by atoms with Crippen molar-refractivity contribution in [1.82, 2.24) is 19.7 Å². The molecule has 1 aliphatic carbocycles. The van der Waals surface area contributed by atoms with Crippen LogP contribution in [0, 0.1) is 0 Å². The molecule has 1 saturated carbocycles. The molecule has 0 aliphatic heterocycles. The van der Waals surface area contributed by atoms with Crippen LogP contribution in [0.2, 0.25) is 5.02 Å². The molecule has 0 saturated heterocycles. The van der Waals surface area contributed by atoms with Crippen LogP contribution in [0.15, 0.2) is 40.0 Å². The van der Waals surface area contributed by atoms with Crippen LogP contribution in [0.3, 0.4) is 0 Å². The number of nitrogens with zero attached hydrogens (tertiary/aromatic N) is 4. The predicted octanol–water partition coefficient (Wildman–Crippen LogP) is 4.78. The van der Waals surface area contributed by atoms with Crippen LogP contribution in [-0.4, -0.2) is 19.7 Å². The Morgan fingerprint density at radius 3 is 2.75 bits per heavy atom. The summed E-state index contributed by atoms with van der Waals surface area (Å²) in [5.41, 5.74) is 0.968. The molecule has 4 rings (SSSR count). The van der Waals surface area contributed by atoms with Crippen LogP contribution in [0.5, 0.6) is 0 Å². The van der Waals surface area contributed by atoms with E-state index < -0.39 is 0 Å². The molecule has 0 N–H and O–H groups in total. The number of aromatic nitrogens is 4. The largest absolute Gasteiger partial charge is 0.440 e. The molecule has 124 valence electrons. The Balaban J connectivity index is 1.46. The SMILES string of the molecule is CCn1c(SCc2ncc(-c3ccc(Cl)cc3)o2)nnc1C1CC1. The van der Waals surface area contributed by atoms with Crippen molar-refractivity contribution in [2.75, 3.05) is 0 Å². The number of thioether (sulfide) groups is 1. The van der Waals surface area contributed by atoms with Crippen LogP contribution in [0.1, 0.15) is 37.4 Å². The molecule has 1 fully saturated rings. The van der Waals surface area contributed by atoms with Gasteiger partial charge in [-0.2, -0.15) is 0 Å². The summed E-state index contributed by atoms with van der Waals surface area (Å²) < 4.78 is 8.04. The lowest BCUT2D eigenvalue weighted by Gasteiger charge is -2.05. The summed E-state index contributed by atoms with van der Waals surface area (Å²) in [5.74, 6) is 3.79. The van der Waals surface area contributed by atoms with Crippen molar-refractivity contribution in [3.8, 4) is 11.3 Å². The molecule has 0 spiro atoms. The van der Waals surface area contributed by atoms with Crippen molar-refractivity contribution in [1.29, 1.82) is 0 Å². The summed E-state index contributed by atoms with van der Waals surface area (Å²) in [7, 11) is 0. The molecule has 3 aromatic rings. The van der Waals surface area contributed by atoms with Gasteiger partial charge in [-0.25, -0.2) is 4.98 Å². The van der Waals surface area contributed by atoms with E-state index in [-0.39, 0.29) is 0 Å². The maximum Gasteiger partial charge on any atom is 0.205 e. The molecule has 0 amide bonds. The van der Waals surface area contributed by atoms with E-state index in [1.54, 1.807) is 18.0 Å². The summed E-state index contributed by atoms with van der Waals surface area (Å²) in [6.45, 7) is 3.02. The number of halogens is 1. The highest BCUT2D eigenvalue weighted by molar-refractivity contribution is 7.98. The van der Waals surface area contributed by atoms with E-state index in [1.165, 1.54) is 12.8 Å². The highest BCUT2D eigenvalue weighted by Gasteiger charge is 2.30. The number of hydrogen-bond donors (Lipinski definition) is 0. The molecule has 0 radical (unpaired) electrons. The molecule has 5 nitrogen and oxygen atoms in total. The summed E-state index contributed by atoms with van der Waals surface area (Å²) >= 11 is 7.53. The molecule has 2 aromatic heterocycles. The van der Waals surface area contributed by atoms with E-state index in [1.807, 2.05) is 24.3 Å². The van der Waals surface area contributed by atoms with Gasteiger partial charge in [-0.15, -0.1) is 10.2 Å². The molecule has 24 heavy (non-hydrogen) atoms. The van der Waals surface area contributed by atoms with Crippen molar-refractivity contribution >= 4 is 23.4 Å². The Bertz CT molecular complexity index is 839. The minimum absolute atomic E-state index is 0.602. The second kappa shape index (κ2) is 6.61. The van der Waals surface area contributed by atoms with Gasteiger partial charge < -0.3 is 8.98 Å². The molecular formula is C17H17ClN4OS. The minimum atomic E-state index is 0.602. The Morgan fingerprint density at radius 2 is 2.04 bits per heavy atom. The number of hydrogen-bond acceptors (Lipinski definition) is 5. The van der Waals surface area contributed by atoms with Crippen molar-refractivity contribution in [3.63, 3.8) is 0 Å². The van der Waals surface area contributed by atoms with E-state index in [0.29, 0.717) is 22.6 Å². The van der Waals surface area contributed by atoms with Crippen molar-refractivity contribution < 1.29 is 4.42 Å². The topological polar surface area (TPSA) is 56.7 Å². The van der Waals surface area contributed by atoms with E-state index in [4.69, 9.17) is 16.0 Å². The molecule has 1 aliphatic rings. The monoisotopic (exact) mass is 360 g/mol. The van der Waals surface area contributed by atoms with E-state index in [9.17, 15) is 0 Å². The molecule has 7 heteroatoms. The van der Waals surface area contributed by atoms with Crippen molar-refractivity contribution in [3.05, 3.63) is 47.2 Å². The van der Waals surface area contributed by atoms with Gasteiger partial charge in [0.25, 0.3) is 0 Å². The Hall–Kier alpha value is -1.79. The summed E-state index contributed by atoms with van der Waals surface area (Å²) in [5, 5.41) is 10.3. The van der Waals surface area contributed by atoms with Gasteiger partial charge in [-0.05, 0) is 44.0 Å². The summed E-state index contributed by atoms with van der Waals surface area (Å²) in [4.78, 5) is 4.36. The lowest BCUT2D eigenvalue weighted by molar-refractivity contribution is 0.529. The van der Waals surface area contributed by atoms with Gasteiger partial charge in [0.05, 0.1) is 11.9 Å². The Morgan fingerprint density at radius 1 is 1.25 bits per heavy atom. The maximum atomic E-state index is 5.91. The fourth-order valence-electron chi connectivity index (χ4n) is 2.60. The third-order valence-electron chi connectivity index (χ3n) is 4.01. The van der Waals surface area contributed by atoms with E-state index in [2.05, 4.69) is 26.7 Å². The first kappa shape index (κ1) is 15.7. The first-order chi connectivity index (χ1) is 11.7. The Labute approximate surface area is 149 Å². The van der Waals surface area contributed by atoms with Crippen LogP contribution in [0.4, 0.5) is 0 Å². The standard InChI is InChI=1S/C17H17ClN4OS/c1-2-22-16(12-3-4-12)20-21-17(22)24-10-15-19-9-14(23-15)11-5-7-13(18)8-6-11/h5-9,12H,2-4,10H2,1H3. The van der Waals surface area contributed by atoms with Crippen LogP contribution in [0.25, 0.3) is 11.3 Å². The van der Waals surface area contributed by atoms with Crippen molar-refractivity contribution in [2.45, 2.75) is 43.1 Å². The quantitative estimate of drug-likeness (QED) is 0.592. The number of rotatable bonds is 6. The lowest BCUT2D eigenvalue weighted by Crippen LogP contribution is -2.01. The first-order valence-corrected chi connectivity index (χ1v) is 9.37. The fraction of sp³-hybridized carbons (Fsp3) is 0.353. The van der Waals surface area contributed by atoms with Gasteiger partial charge in [0.2, 0.25) is 5.89 Å². The van der Waals surface area contributed by atoms with Crippen LogP contribution in [-0.2, 0) is 12.3 Å². The fourth-order valence-corrected chi connectivity index (χ4v) is 3.59. The second-order valence-electron chi connectivity index (χ2n) is 5.77. The van der Waals surface area contributed by atoms with Gasteiger partial charge in [0, 0.05) is 23.0 Å². The van der Waals surface area contributed by atoms with Gasteiger partial charge in [-0.3, -0.25) is 0 Å².